The molecule has 11 heteroatoms. The molecular weight excluding hydrogens is 418 g/mol. The molecule has 3 aliphatic rings. The van der Waals surface area contributed by atoms with Gasteiger partial charge in [0.2, 0.25) is 21.9 Å². The molecular formula is C20H27N7O3S. The van der Waals surface area contributed by atoms with Crippen molar-refractivity contribution in [1.82, 2.24) is 24.6 Å². The zero-order chi connectivity index (χ0) is 21.8. The van der Waals surface area contributed by atoms with Crippen LogP contribution in [-0.4, -0.2) is 78.6 Å². The Morgan fingerprint density at radius 2 is 1.97 bits per heavy atom. The van der Waals surface area contributed by atoms with E-state index in [-0.39, 0.29) is 17.4 Å². The second kappa shape index (κ2) is 7.27. The lowest BCUT2D eigenvalue weighted by Gasteiger charge is -2.47. The van der Waals surface area contributed by atoms with Crippen LogP contribution in [0.5, 0.6) is 0 Å². The normalized spacial score (nSPS) is 22.0. The number of amides is 1. The molecule has 0 saturated carbocycles. The van der Waals surface area contributed by atoms with Gasteiger partial charge in [0.15, 0.2) is 5.82 Å². The van der Waals surface area contributed by atoms with E-state index in [4.69, 9.17) is 9.97 Å². The number of fused-ring (bicyclic) bond motifs is 1. The Morgan fingerprint density at radius 3 is 2.61 bits per heavy atom. The van der Waals surface area contributed by atoms with E-state index in [1.165, 1.54) is 10.6 Å². The molecule has 0 unspecified atom stereocenters. The van der Waals surface area contributed by atoms with E-state index in [0.29, 0.717) is 38.3 Å². The number of pyridine rings is 1. The number of aryl methyl sites for hydroxylation is 1. The quantitative estimate of drug-likeness (QED) is 0.698. The lowest BCUT2D eigenvalue weighted by atomic mass is 9.79. The minimum Gasteiger partial charge on any atom is -0.355 e. The van der Waals surface area contributed by atoms with E-state index in [1.54, 1.807) is 0 Å². The van der Waals surface area contributed by atoms with Crippen molar-refractivity contribution in [3.8, 4) is 0 Å². The van der Waals surface area contributed by atoms with Crippen LogP contribution in [0.2, 0.25) is 0 Å². The summed E-state index contributed by atoms with van der Waals surface area (Å²) < 4.78 is 25.0. The van der Waals surface area contributed by atoms with Crippen LogP contribution in [0, 0.1) is 12.3 Å². The number of carbonyl (C=O) groups excluding carboxylic acids is 1. The van der Waals surface area contributed by atoms with Crippen molar-refractivity contribution in [2.24, 2.45) is 5.41 Å². The van der Waals surface area contributed by atoms with E-state index < -0.39 is 10.0 Å². The summed E-state index contributed by atoms with van der Waals surface area (Å²) in [7, 11) is -3.14. The van der Waals surface area contributed by atoms with Crippen LogP contribution in [0.4, 0.5) is 11.8 Å². The topological polar surface area (TPSA) is 120 Å². The number of sulfonamides is 1. The maximum absolute atomic E-state index is 11.7. The van der Waals surface area contributed by atoms with Crippen LogP contribution in [0.25, 0.3) is 10.9 Å². The molecule has 3 fully saturated rings. The monoisotopic (exact) mass is 445 g/mol. The van der Waals surface area contributed by atoms with Gasteiger partial charge in [0.25, 0.3) is 0 Å². The Bertz CT molecular complexity index is 1140. The number of piperidine rings is 1. The molecule has 31 heavy (non-hydrogen) atoms. The van der Waals surface area contributed by atoms with Crippen LogP contribution in [0.3, 0.4) is 0 Å². The van der Waals surface area contributed by atoms with Gasteiger partial charge in [-0.25, -0.2) is 27.7 Å². The van der Waals surface area contributed by atoms with Gasteiger partial charge >= 0.3 is 0 Å². The number of carbonyl (C=O) groups is 1. The molecule has 0 aromatic carbocycles. The Balaban J connectivity index is 1.34. The molecule has 3 saturated heterocycles. The van der Waals surface area contributed by atoms with Crippen molar-refractivity contribution >= 4 is 38.6 Å². The Hall–Kier alpha value is -2.53. The first-order chi connectivity index (χ1) is 14.7. The molecule has 0 bridgehead atoms. The van der Waals surface area contributed by atoms with Crippen molar-refractivity contribution in [3.63, 3.8) is 0 Å². The third-order valence-corrected chi connectivity index (χ3v) is 7.78. The molecule has 2 aromatic heterocycles. The van der Waals surface area contributed by atoms with Gasteiger partial charge in [0.1, 0.15) is 5.52 Å². The third kappa shape index (κ3) is 3.91. The fourth-order valence-corrected chi connectivity index (χ4v) is 5.72. The van der Waals surface area contributed by atoms with Crippen LogP contribution in [-0.2, 0) is 14.8 Å². The van der Waals surface area contributed by atoms with Gasteiger partial charge < -0.3 is 15.5 Å². The molecule has 0 radical (unpaired) electrons. The molecule has 5 heterocycles. The number of hydrogen-bond donors (Lipinski definition) is 2. The predicted molar refractivity (Wildman–Crippen MR) is 117 cm³/mol. The molecule has 10 nitrogen and oxygen atoms in total. The van der Waals surface area contributed by atoms with Gasteiger partial charge in [-0.3, -0.25) is 4.79 Å². The second-order valence-corrected chi connectivity index (χ2v) is 11.1. The van der Waals surface area contributed by atoms with Crippen molar-refractivity contribution in [3.05, 3.63) is 18.0 Å². The number of anilines is 2. The molecule has 0 atom stereocenters. The summed E-state index contributed by atoms with van der Waals surface area (Å²) in [6.45, 7) is 5.25. The summed E-state index contributed by atoms with van der Waals surface area (Å²) in [6, 6.07) is 2.10. The molecule has 1 amide bonds. The van der Waals surface area contributed by atoms with Gasteiger partial charge in [-0.05, 0) is 25.8 Å². The standard InChI is InChI=1S/C20H27N7O3S/c1-13-7-14-9-21-19(24-15-3-5-27(6-4-15)31(2,29)30)25-17(14)18(23-13)26-11-20(12-26)8-16(28)22-10-20/h7,9,15H,3-6,8,10-12H2,1-2H3,(H,22,28)(H,21,24,25). The third-order valence-electron chi connectivity index (χ3n) is 6.48. The second-order valence-electron chi connectivity index (χ2n) is 9.11. The molecule has 5 rings (SSSR count). The molecule has 0 aliphatic carbocycles. The highest BCUT2D eigenvalue weighted by Gasteiger charge is 2.49. The first kappa shape index (κ1) is 20.4. The van der Waals surface area contributed by atoms with Gasteiger partial charge in [-0.15, -0.1) is 0 Å². The highest BCUT2D eigenvalue weighted by molar-refractivity contribution is 7.88. The van der Waals surface area contributed by atoms with E-state index in [2.05, 4.69) is 20.5 Å². The first-order valence-corrected chi connectivity index (χ1v) is 12.4. The van der Waals surface area contributed by atoms with Crippen molar-refractivity contribution < 1.29 is 13.2 Å². The summed E-state index contributed by atoms with van der Waals surface area (Å²) in [5.41, 5.74) is 1.71. The maximum Gasteiger partial charge on any atom is 0.223 e. The van der Waals surface area contributed by atoms with Crippen molar-refractivity contribution in [1.29, 1.82) is 0 Å². The first-order valence-electron chi connectivity index (χ1n) is 10.6. The highest BCUT2D eigenvalue weighted by Crippen LogP contribution is 2.40. The lowest BCUT2D eigenvalue weighted by Crippen LogP contribution is -2.58. The largest absolute Gasteiger partial charge is 0.355 e. The number of nitrogens with zero attached hydrogens (tertiary/aromatic N) is 5. The SMILES string of the molecule is Cc1cc2cnc(NC3CCN(S(C)(=O)=O)CC3)nc2c(N2CC3(CNC(=O)C3)C2)n1. The fraction of sp³-hybridized carbons (Fsp3) is 0.600. The smallest absolute Gasteiger partial charge is 0.223 e. The van der Waals surface area contributed by atoms with Crippen LogP contribution in [0.1, 0.15) is 25.0 Å². The summed E-state index contributed by atoms with van der Waals surface area (Å²) in [6.07, 6.45) is 5.05. The minimum absolute atomic E-state index is 0.0104. The Labute approximate surface area is 181 Å². The zero-order valence-electron chi connectivity index (χ0n) is 17.8. The van der Waals surface area contributed by atoms with E-state index >= 15 is 0 Å². The summed E-state index contributed by atoms with van der Waals surface area (Å²) >= 11 is 0. The van der Waals surface area contributed by atoms with E-state index in [1.807, 2.05) is 19.2 Å². The average molecular weight is 446 g/mol. The van der Waals surface area contributed by atoms with Gasteiger partial charge in [0, 0.05) is 67.9 Å². The number of aromatic nitrogens is 3. The van der Waals surface area contributed by atoms with E-state index in [9.17, 15) is 13.2 Å². The lowest BCUT2D eigenvalue weighted by molar-refractivity contribution is -0.119. The number of hydrogen-bond acceptors (Lipinski definition) is 8. The maximum atomic E-state index is 11.7. The molecule has 2 aromatic rings. The van der Waals surface area contributed by atoms with Crippen molar-refractivity contribution in [2.45, 2.75) is 32.2 Å². The fourth-order valence-electron chi connectivity index (χ4n) is 4.85. The average Bonchev–Trinajstić information content (AvgIpc) is 3.08. The molecule has 3 aliphatic heterocycles. The highest BCUT2D eigenvalue weighted by atomic mass is 32.2. The van der Waals surface area contributed by atoms with Gasteiger partial charge in [-0.2, -0.15) is 0 Å². The van der Waals surface area contributed by atoms with Crippen LogP contribution >= 0.6 is 0 Å². The van der Waals surface area contributed by atoms with E-state index in [0.717, 1.165) is 42.0 Å². The number of rotatable bonds is 4. The predicted octanol–water partition coefficient (Wildman–Crippen LogP) is 0.495. The van der Waals surface area contributed by atoms with Gasteiger partial charge in [0.05, 0.1) is 6.26 Å². The summed E-state index contributed by atoms with van der Waals surface area (Å²) in [5.74, 6) is 1.49. The molecule has 2 N–H and O–H groups in total. The Kier molecular flexibility index (Phi) is 4.78. The van der Waals surface area contributed by atoms with Crippen molar-refractivity contribution in [2.75, 3.05) is 49.2 Å². The van der Waals surface area contributed by atoms with Crippen LogP contribution in [0.15, 0.2) is 12.3 Å². The summed E-state index contributed by atoms with van der Waals surface area (Å²) in [4.78, 5) is 27.9. The molecule has 1 spiro atoms. The number of nitrogens with one attached hydrogen (secondary N) is 2. The summed E-state index contributed by atoms with van der Waals surface area (Å²) in [5, 5.41) is 7.24. The zero-order valence-corrected chi connectivity index (χ0v) is 18.6. The Morgan fingerprint density at radius 1 is 1.23 bits per heavy atom. The molecule has 166 valence electrons. The van der Waals surface area contributed by atoms with Gasteiger partial charge in [-0.1, -0.05) is 0 Å². The van der Waals surface area contributed by atoms with Crippen LogP contribution < -0.4 is 15.5 Å². The minimum atomic E-state index is -3.14.